The smallest absolute Gasteiger partial charge is 0.341 e. The van der Waals surface area contributed by atoms with Gasteiger partial charge in [-0.1, -0.05) is 30.3 Å². The average Bonchev–Trinajstić information content (AvgIpc) is 2.88. The molecule has 0 spiro atoms. The molecule has 0 amide bonds. The summed E-state index contributed by atoms with van der Waals surface area (Å²) < 4.78 is 4.85. The molecule has 0 saturated heterocycles. The Hall–Kier alpha value is -1.85. The summed E-state index contributed by atoms with van der Waals surface area (Å²) in [5.74, 6) is -0.312. The number of nitrogens with two attached hydrogens (primary N) is 1. The predicted molar refractivity (Wildman–Crippen MR) is 89.2 cm³/mol. The molecule has 1 aliphatic heterocycles. The molecule has 0 aliphatic carbocycles. The minimum absolute atomic E-state index is 0.312. The van der Waals surface area contributed by atoms with Gasteiger partial charge < -0.3 is 10.5 Å². The Balaban J connectivity index is 1.68. The number of carbonyl (C=O) groups is 1. The van der Waals surface area contributed by atoms with Crippen LogP contribution < -0.4 is 5.73 Å². The first kappa shape index (κ1) is 15.1. The maximum atomic E-state index is 11.9. The third-order valence-corrected chi connectivity index (χ3v) is 5.16. The predicted octanol–water partition coefficient (Wildman–Crippen LogP) is 2.72. The first-order valence-electron chi connectivity index (χ1n) is 7.43. The summed E-state index contributed by atoms with van der Waals surface area (Å²) in [5.41, 5.74) is 9.04. The summed E-state index contributed by atoms with van der Waals surface area (Å²) in [6.45, 7) is 2.85. The van der Waals surface area contributed by atoms with Gasteiger partial charge in [0.15, 0.2) is 0 Å². The van der Waals surface area contributed by atoms with E-state index in [9.17, 15) is 4.79 Å². The van der Waals surface area contributed by atoms with Gasteiger partial charge in [-0.25, -0.2) is 4.79 Å². The molecule has 0 atom stereocenters. The molecule has 0 fully saturated rings. The normalized spacial score (nSPS) is 14.6. The number of hydrogen-bond donors (Lipinski definition) is 1. The number of thiophene rings is 1. The third-order valence-electron chi connectivity index (χ3n) is 4.11. The average molecular weight is 316 g/mol. The van der Waals surface area contributed by atoms with Crippen LogP contribution in [0, 0.1) is 0 Å². The number of rotatable bonds is 4. The summed E-state index contributed by atoms with van der Waals surface area (Å²) in [6.07, 6.45) is 1.91. The van der Waals surface area contributed by atoms with Gasteiger partial charge in [-0.2, -0.15) is 0 Å². The highest BCUT2D eigenvalue weighted by atomic mass is 32.1. The van der Waals surface area contributed by atoms with Crippen LogP contribution in [0.5, 0.6) is 0 Å². The topological polar surface area (TPSA) is 55.6 Å². The van der Waals surface area contributed by atoms with Crippen LogP contribution in [0.3, 0.4) is 0 Å². The zero-order valence-corrected chi connectivity index (χ0v) is 13.5. The summed E-state index contributed by atoms with van der Waals surface area (Å²) >= 11 is 1.52. The van der Waals surface area contributed by atoms with Gasteiger partial charge in [0.25, 0.3) is 0 Å². The van der Waals surface area contributed by atoms with Gasteiger partial charge in [-0.15, -0.1) is 11.3 Å². The zero-order valence-electron chi connectivity index (χ0n) is 12.7. The second-order valence-corrected chi connectivity index (χ2v) is 6.63. The largest absolute Gasteiger partial charge is 0.465 e. The van der Waals surface area contributed by atoms with E-state index < -0.39 is 0 Å². The quantitative estimate of drug-likeness (QED) is 0.881. The van der Waals surface area contributed by atoms with Gasteiger partial charge in [0, 0.05) is 24.5 Å². The Kier molecular flexibility index (Phi) is 4.45. The van der Waals surface area contributed by atoms with Crippen LogP contribution in [0.15, 0.2) is 30.3 Å². The van der Waals surface area contributed by atoms with Gasteiger partial charge in [0.2, 0.25) is 0 Å². The molecule has 5 heteroatoms. The molecule has 2 N–H and O–H groups in total. The number of hydrogen-bond acceptors (Lipinski definition) is 5. The van der Waals surface area contributed by atoms with Crippen molar-refractivity contribution in [2.45, 2.75) is 19.4 Å². The van der Waals surface area contributed by atoms with E-state index in [2.05, 4.69) is 29.2 Å². The fourth-order valence-electron chi connectivity index (χ4n) is 2.93. The lowest BCUT2D eigenvalue weighted by molar-refractivity contribution is 0.0600. The van der Waals surface area contributed by atoms with Crippen LogP contribution >= 0.6 is 11.3 Å². The van der Waals surface area contributed by atoms with Crippen LogP contribution in [-0.4, -0.2) is 31.1 Å². The lowest BCUT2D eigenvalue weighted by Crippen LogP contribution is -2.32. The van der Waals surface area contributed by atoms with Gasteiger partial charge in [-0.3, -0.25) is 4.90 Å². The van der Waals surface area contributed by atoms with Crippen molar-refractivity contribution in [3.63, 3.8) is 0 Å². The minimum atomic E-state index is -0.312. The number of fused-ring (bicyclic) bond motifs is 1. The standard InChI is InChI=1S/C17H20N2O2S/c1-21-17(20)15-13-8-10-19(11-14(13)22-16(15)18)9-7-12-5-3-2-4-6-12/h2-6H,7-11,18H2,1H3. The molecule has 1 aromatic heterocycles. The summed E-state index contributed by atoms with van der Waals surface area (Å²) in [7, 11) is 1.40. The molecular formula is C17H20N2O2S. The molecule has 0 bridgehead atoms. The van der Waals surface area contributed by atoms with E-state index in [-0.39, 0.29) is 5.97 Å². The molecule has 4 nitrogen and oxygen atoms in total. The van der Waals surface area contributed by atoms with E-state index >= 15 is 0 Å². The molecular weight excluding hydrogens is 296 g/mol. The van der Waals surface area contributed by atoms with Crippen molar-refractivity contribution in [2.75, 3.05) is 25.9 Å². The van der Waals surface area contributed by atoms with Gasteiger partial charge in [0.05, 0.1) is 12.7 Å². The number of carbonyl (C=O) groups excluding carboxylic acids is 1. The molecule has 0 saturated carbocycles. The van der Waals surface area contributed by atoms with E-state index in [0.717, 1.165) is 38.0 Å². The van der Waals surface area contributed by atoms with Crippen molar-refractivity contribution >= 4 is 22.3 Å². The second-order valence-electron chi connectivity index (χ2n) is 5.50. The van der Waals surface area contributed by atoms with Crippen molar-refractivity contribution < 1.29 is 9.53 Å². The summed E-state index contributed by atoms with van der Waals surface area (Å²) in [6, 6.07) is 10.5. The highest BCUT2D eigenvalue weighted by Crippen LogP contribution is 2.35. The maximum Gasteiger partial charge on any atom is 0.341 e. The number of benzene rings is 1. The molecule has 22 heavy (non-hydrogen) atoms. The Morgan fingerprint density at radius 2 is 2.14 bits per heavy atom. The van der Waals surface area contributed by atoms with E-state index in [0.29, 0.717) is 10.6 Å². The first-order chi connectivity index (χ1) is 10.7. The van der Waals surface area contributed by atoms with Crippen molar-refractivity contribution in [3.8, 4) is 0 Å². The van der Waals surface area contributed by atoms with Crippen molar-refractivity contribution in [1.82, 2.24) is 4.90 Å². The highest BCUT2D eigenvalue weighted by molar-refractivity contribution is 7.16. The maximum absolute atomic E-state index is 11.9. The lowest BCUT2D eigenvalue weighted by Gasteiger charge is -2.27. The first-order valence-corrected chi connectivity index (χ1v) is 8.25. The van der Waals surface area contributed by atoms with Gasteiger partial charge in [0.1, 0.15) is 5.00 Å². The highest BCUT2D eigenvalue weighted by Gasteiger charge is 2.27. The number of esters is 1. The van der Waals surface area contributed by atoms with Gasteiger partial charge >= 0.3 is 5.97 Å². The van der Waals surface area contributed by atoms with Crippen molar-refractivity contribution in [1.29, 1.82) is 0 Å². The van der Waals surface area contributed by atoms with Crippen LogP contribution in [0.1, 0.15) is 26.4 Å². The number of methoxy groups -OCH3 is 1. The fourth-order valence-corrected chi connectivity index (χ4v) is 4.07. The Bertz CT molecular complexity index is 667. The van der Waals surface area contributed by atoms with E-state index in [1.54, 1.807) is 0 Å². The minimum Gasteiger partial charge on any atom is -0.465 e. The van der Waals surface area contributed by atoms with Crippen molar-refractivity contribution in [3.05, 3.63) is 51.9 Å². The van der Waals surface area contributed by atoms with E-state index in [1.165, 1.54) is 28.9 Å². The number of nitrogen functional groups attached to an aromatic ring is 1. The summed E-state index contributed by atoms with van der Waals surface area (Å²) in [4.78, 5) is 15.5. The summed E-state index contributed by atoms with van der Waals surface area (Å²) in [5, 5.41) is 0.585. The lowest BCUT2D eigenvalue weighted by atomic mass is 10.0. The van der Waals surface area contributed by atoms with Gasteiger partial charge in [-0.05, 0) is 24.0 Å². The Morgan fingerprint density at radius 3 is 2.86 bits per heavy atom. The Labute approximate surface area is 134 Å². The van der Waals surface area contributed by atoms with E-state index in [1.807, 2.05) is 6.07 Å². The third kappa shape index (κ3) is 3.00. The number of ether oxygens (including phenoxy) is 1. The molecule has 3 rings (SSSR count). The van der Waals surface area contributed by atoms with Crippen LogP contribution in [0.2, 0.25) is 0 Å². The van der Waals surface area contributed by atoms with Crippen LogP contribution in [0.4, 0.5) is 5.00 Å². The second kappa shape index (κ2) is 6.50. The zero-order chi connectivity index (χ0) is 15.5. The number of nitrogens with zero attached hydrogens (tertiary/aromatic N) is 1. The molecule has 2 aromatic rings. The molecule has 1 aliphatic rings. The van der Waals surface area contributed by atoms with Crippen LogP contribution in [0.25, 0.3) is 0 Å². The molecule has 2 heterocycles. The Morgan fingerprint density at radius 1 is 1.36 bits per heavy atom. The molecule has 0 radical (unpaired) electrons. The number of anilines is 1. The van der Waals surface area contributed by atoms with Crippen molar-refractivity contribution in [2.24, 2.45) is 0 Å². The fraction of sp³-hybridized carbons (Fsp3) is 0.353. The SMILES string of the molecule is COC(=O)c1c(N)sc2c1CCN(CCc1ccccc1)C2. The van der Waals surface area contributed by atoms with Crippen LogP contribution in [-0.2, 0) is 24.1 Å². The molecule has 116 valence electrons. The monoisotopic (exact) mass is 316 g/mol. The molecule has 1 aromatic carbocycles. The molecule has 0 unspecified atom stereocenters. The van der Waals surface area contributed by atoms with E-state index in [4.69, 9.17) is 10.5 Å².